The Morgan fingerprint density at radius 3 is 1.76 bits per heavy atom. The molecule has 180 valence electrons. The van der Waals surface area contributed by atoms with E-state index in [1.165, 1.54) is 7.11 Å². The summed E-state index contributed by atoms with van der Waals surface area (Å²) in [6.45, 7) is 12.1. The van der Waals surface area contributed by atoms with E-state index < -0.39 is 32.0 Å². The summed E-state index contributed by atoms with van der Waals surface area (Å²) in [5.74, 6) is -0.535. The molecule has 6 nitrogen and oxygen atoms in total. The number of carbonyl (C=O) groups is 2. The Balaban J connectivity index is 2.33. The lowest BCUT2D eigenvalue weighted by Crippen LogP contribution is -2.66. The number of alkyl carbamates (subject to hydrolysis) is 1. The molecule has 0 bridgehead atoms. The molecule has 0 unspecified atom stereocenters. The maximum Gasteiger partial charge on any atom is 0.408 e. The molecule has 0 heterocycles. The third-order valence-corrected chi connectivity index (χ3v) is 10.4. The molecule has 33 heavy (non-hydrogen) atoms. The molecular formula is C26H37NO5Si. The van der Waals surface area contributed by atoms with Crippen LogP contribution < -0.4 is 15.7 Å². The van der Waals surface area contributed by atoms with Crippen LogP contribution in [0.15, 0.2) is 60.7 Å². The molecule has 2 rings (SSSR count). The molecule has 0 aromatic heterocycles. The molecule has 7 heteroatoms. The van der Waals surface area contributed by atoms with Gasteiger partial charge < -0.3 is 19.2 Å². The van der Waals surface area contributed by atoms with Gasteiger partial charge in [0, 0.05) is 13.0 Å². The van der Waals surface area contributed by atoms with Crippen molar-refractivity contribution in [2.45, 2.75) is 64.6 Å². The predicted octanol–water partition coefficient (Wildman–Crippen LogP) is 4.02. The minimum Gasteiger partial charge on any atom is -0.467 e. The summed E-state index contributed by atoms with van der Waals surface area (Å²) < 4.78 is 17.0. The van der Waals surface area contributed by atoms with E-state index in [0.29, 0.717) is 0 Å². The summed E-state index contributed by atoms with van der Waals surface area (Å²) in [5, 5.41) is 4.75. The first-order valence-electron chi connectivity index (χ1n) is 11.2. The Hall–Kier alpha value is -2.64. The zero-order chi connectivity index (χ0) is 24.7. The van der Waals surface area contributed by atoms with Crippen molar-refractivity contribution >= 4 is 30.8 Å². The largest absolute Gasteiger partial charge is 0.467 e. The van der Waals surface area contributed by atoms with Crippen molar-refractivity contribution in [3.05, 3.63) is 60.7 Å². The number of nitrogens with one attached hydrogen (secondary N) is 1. The maximum atomic E-state index is 12.4. The number of ether oxygens (including phenoxy) is 2. The van der Waals surface area contributed by atoms with E-state index >= 15 is 0 Å². The number of benzene rings is 2. The van der Waals surface area contributed by atoms with Crippen LogP contribution in [-0.2, 0) is 18.7 Å². The van der Waals surface area contributed by atoms with Gasteiger partial charge in [-0.25, -0.2) is 9.59 Å². The van der Waals surface area contributed by atoms with Crippen LogP contribution in [0.5, 0.6) is 0 Å². The van der Waals surface area contributed by atoms with Gasteiger partial charge in [0.25, 0.3) is 8.32 Å². The number of esters is 1. The minimum atomic E-state index is -2.74. The second-order valence-electron chi connectivity index (χ2n) is 10.0. The number of hydrogen-bond donors (Lipinski definition) is 1. The molecule has 1 amide bonds. The molecule has 0 saturated carbocycles. The van der Waals surface area contributed by atoms with E-state index in [-0.39, 0.29) is 18.1 Å². The fourth-order valence-corrected chi connectivity index (χ4v) is 8.51. The zero-order valence-corrected chi connectivity index (χ0v) is 21.8. The first-order valence-corrected chi connectivity index (χ1v) is 13.1. The molecule has 0 aliphatic rings. The number of rotatable bonds is 8. The molecule has 2 aromatic carbocycles. The van der Waals surface area contributed by atoms with Crippen molar-refractivity contribution in [2.24, 2.45) is 0 Å². The smallest absolute Gasteiger partial charge is 0.408 e. The van der Waals surface area contributed by atoms with Crippen molar-refractivity contribution in [1.29, 1.82) is 0 Å². The second-order valence-corrected chi connectivity index (χ2v) is 14.3. The van der Waals surface area contributed by atoms with Gasteiger partial charge in [0.15, 0.2) is 0 Å². The van der Waals surface area contributed by atoms with E-state index in [0.717, 1.165) is 10.4 Å². The average Bonchev–Trinajstić information content (AvgIpc) is 2.74. The molecule has 2 aromatic rings. The van der Waals surface area contributed by atoms with E-state index in [1.54, 1.807) is 20.8 Å². The number of hydrogen-bond acceptors (Lipinski definition) is 5. The van der Waals surface area contributed by atoms with Crippen LogP contribution in [0.25, 0.3) is 0 Å². The molecule has 1 N–H and O–H groups in total. The molecule has 0 spiro atoms. The SMILES string of the molecule is COC(=O)[C@H](CCO[Si](c1ccccc1)(c1ccccc1)C(C)(C)C)NC(=O)OC(C)(C)C. The number of carbonyl (C=O) groups excluding carboxylic acids is 2. The summed E-state index contributed by atoms with van der Waals surface area (Å²) in [4.78, 5) is 24.6. The van der Waals surface area contributed by atoms with Gasteiger partial charge in [0.1, 0.15) is 11.6 Å². The standard InChI is InChI=1S/C26H37NO5Si/c1-25(2,3)32-24(29)27-22(23(28)30-7)18-19-31-33(26(4,5)6,20-14-10-8-11-15-20)21-16-12-9-13-17-21/h8-17,22H,18-19H2,1-7H3,(H,27,29)/t22-/m0/s1. The summed E-state index contributed by atoms with van der Waals surface area (Å²) in [6.07, 6.45) is -0.403. The maximum absolute atomic E-state index is 12.4. The van der Waals surface area contributed by atoms with Crippen LogP contribution in [0.4, 0.5) is 4.79 Å². The second kappa shape index (κ2) is 11.0. The van der Waals surface area contributed by atoms with Crippen LogP contribution in [0.2, 0.25) is 5.04 Å². The van der Waals surface area contributed by atoms with Crippen molar-refractivity contribution in [3.8, 4) is 0 Å². The highest BCUT2D eigenvalue weighted by Gasteiger charge is 2.50. The van der Waals surface area contributed by atoms with Crippen LogP contribution in [0, 0.1) is 0 Å². The van der Waals surface area contributed by atoms with Gasteiger partial charge in [-0.05, 0) is 36.2 Å². The molecule has 1 atom stereocenters. The summed E-state index contributed by atoms with van der Waals surface area (Å²) in [6, 6.07) is 19.7. The van der Waals surface area contributed by atoms with Gasteiger partial charge in [-0.2, -0.15) is 0 Å². The summed E-state index contributed by atoms with van der Waals surface area (Å²) >= 11 is 0. The molecule has 0 saturated heterocycles. The van der Waals surface area contributed by atoms with Crippen LogP contribution >= 0.6 is 0 Å². The van der Waals surface area contributed by atoms with Gasteiger partial charge in [0.05, 0.1) is 7.11 Å². The van der Waals surface area contributed by atoms with Gasteiger partial charge >= 0.3 is 12.1 Å². The number of amides is 1. The molecule has 0 aliphatic heterocycles. The fraction of sp³-hybridized carbons (Fsp3) is 0.462. The molecular weight excluding hydrogens is 434 g/mol. The summed E-state index contributed by atoms with van der Waals surface area (Å²) in [7, 11) is -1.43. The summed E-state index contributed by atoms with van der Waals surface area (Å²) in [5.41, 5.74) is -0.670. The third-order valence-electron chi connectivity index (χ3n) is 5.32. The lowest BCUT2D eigenvalue weighted by molar-refractivity contribution is -0.143. The average molecular weight is 472 g/mol. The first kappa shape index (κ1) is 26.6. The Labute approximate surface area is 198 Å². The Morgan fingerprint density at radius 2 is 1.36 bits per heavy atom. The van der Waals surface area contributed by atoms with Crippen LogP contribution in [0.3, 0.4) is 0 Å². The lowest BCUT2D eigenvalue weighted by atomic mass is 10.2. The zero-order valence-electron chi connectivity index (χ0n) is 20.8. The van der Waals surface area contributed by atoms with Crippen molar-refractivity contribution in [1.82, 2.24) is 5.32 Å². The van der Waals surface area contributed by atoms with Crippen molar-refractivity contribution in [3.63, 3.8) is 0 Å². The highest BCUT2D eigenvalue weighted by molar-refractivity contribution is 6.99. The quantitative estimate of drug-likeness (QED) is 0.465. The lowest BCUT2D eigenvalue weighted by Gasteiger charge is -2.43. The van der Waals surface area contributed by atoms with Gasteiger partial charge in [-0.1, -0.05) is 81.4 Å². The van der Waals surface area contributed by atoms with Crippen molar-refractivity contribution < 1.29 is 23.5 Å². The van der Waals surface area contributed by atoms with Gasteiger partial charge in [0.2, 0.25) is 0 Å². The fourth-order valence-electron chi connectivity index (χ4n) is 3.93. The first-order chi connectivity index (χ1) is 15.4. The van der Waals surface area contributed by atoms with E-state index in [1.807, 2.05) is 36.4 Å². The Kier molecular flexibility index (Phi) is 8.86. The van der Waals surface area contributed by atoms with E-state index in [9.17, 15) is 9.59 Å². The van der Waals surface area contributed by atoms with Crippen LogP contribution in [0.1, 0.15) is 48.0 Å². The van der Waals surface area contributed by atoms with Gasteiger partial charge in [-0.15, -0.1) is 0 Å². The Bertz CT molecular complexity index is 864. The monoisotopic (exact) mass is 471 g/mol. The molecule has 0 radical (unpaired) electrons. The molecule has 0 aliphatic carbocycles. The third kappa shape index (κ3) is 6.92. The normalized spacial score (nSPS) is 13.2. The molecule has 0 fully saturated rings. The minimum absolute atomic E-state index is 0.185. The highest BCUT2D eigenvalue weighted by atomic mass is 28.4. The number of methoxy groups -OCH3 is 1. The Morgan fingerprint density at radius 1 is 0.879 bits per heavy atom. The topological polar surface area (TPSA) is 73.9 Å². The van der Waals surface area contributed by atoms with Crippen LogP contribution in [-0.4, -0.2) is 45.7 Å². The van der Waals surface area contributed by atoms with E-state index in [2.05, 4.69) is 50.4 Å². The predicted molar refractivity (Wildman–Crippen MR) is 133 cm³/mol. The van der Waals surface area contributed by atoms with Gasteiger partial charge in [-0.3, -0.25) is 0 Å². The highest BCUT2D eigenvalue weighted by Crippen LogP contribution is 2.36. The van der Waals surface area contributed by atoms with Crippen molar-refractivity contribution in [2.75, 3.05) is 13.7 Å². The van der Waals surface area contributed by atoms with E-state index in [4.69, 9.17) is 13.9 Å².